The standard InChI is InChI=1S/C14H31N3O2S/c1-3-5-9-14(7-4-2)16-20(18,19)17-10-6-8-13(11-15)12-17/h13-14,16H,3-12,15H2,1-2H3. The second kappa shape index (κ2) is 8.97. The summed E-state index contributed by atoms with van der Waals surface area (Å²) < 4.78 is 29.4. The van der Waals surface area contributed by atoms with Gasteiger partial charge in [0.2, 0.25) is 0 Å². The minimum atomic E-state index is -3.35. The van der Waals surface area contributed by atoms with Crippen molar-refractivity contribution in [3.05, 3.63) is 0 Å². The summed E-state index contributed by atoms with van der Waals surface area (Å²) in [5.41, 5.74) is 5.68. The van der Waals surface area contributed by atoms with Gasteiger partial charge in [0.1, 0.15) is 0 Å². The molecule has 120 valence electrons. The van der Waals surface area contributed by atoms with Crippen LogP contribution in [0.3, 0.4) is 0 Å². The molecule has 0 radical (unpaired) electrons. The van der Waals surface area contributed by atoms with Gasteiger partial charge in [-0.2, -0.15) is 17.4 Å². The lowest BCUT2D eigenvalue weighted by Crippen LogP contribution is -2.49. The maximum atomic E-state index is 12.5. The highest BCUT2D eigenvalue weighted by Crippen LogP contribution is 2.18. The highest BCUT2D eigenvalue weighted by molar-refractivity contribution is 7.87. The first-order chi connectivity index (χ1) is 9.53. The smallest absolute Gasteiger partial charge is 0.279 e. The van der Waals surface area contributed by atoms with Crippen LogP contribution >= 0.6 is 0 Å². The molecule has 2 unspecified atom stereocenters. The molecule has 20 heavy (non-hydrogen) atoms. The highest BCUT2D eigenvalue weighted by atomic mass is 32.2. The van der Waals surface area contributed by atoms with Crippen molar-refractivity contribution in [1.29, 1.82) is 0 Å². The minimum Gasteiger partial charge on any atom is -0.330 e. The maximum Gasteiger partial charge on any atom is 0.279 e. The van der Waals surface area contributed by atoms with Crippen molar-refractivity contribution < 1.29 is 8.42 Å². The van der Waals surface area contributed by atoms with Gasteiger partial charge in [-0.3, -0.25) is 0 Å². The lowest BCUT2D eigenvalue weighted by atomic mass is 10.0. The zero-order valence-corrected chi connectivity index (χ0v) is 13.8. The highest BCUT2D eigenvalue weighted by Gasteiger charge is 2.29. The normalized spacial score (nSPS) is 22.9. The Bertz CT molecular complexity index is 359. The maximum absolute atomic E-state index is 12.5. The van der Waals surface area contributed by atoms with Gasteiger partial charge in [-0.05, 0) is 38.1 Å². The molecule has 1 saturated heterocycles. The molecule has 0 bridgehead atoms. The molecule has 0 saturated carbocycles. The molecule has 5 nitrogen and oxygen atoms in total. The number of rotatable bonds is 9. The Morgan fingerprint density at radius 1 is 1.30 bits per heavy atom. The predicted molar refractivity (Wildman–Crippen MR) is 83.6 cm³/mol. The second-order valence-electron chi connectivity index (χ2n) is 5.85. The van der Waals surface area contributed by atoms with Crippen LogP contribution in [-0.2, 0) is 10.2 Å². The largest absolute Gasteiger partial charge is 0.330 e. The first-order valence-corrected chi connectivity index (χ1v) is 9.44. The van der Waals surface area contributed by atoms with Crippen LogP contribution in [-0.4, -0.2) is 38.4 Å². The van der Waals surface area contributed by atoms with Crippen molar-refractivity contribution >= 4 is 10.2 Å². The lowest BCUT2D eigenvalue weighted by molar-refractivity contribution is 0.266. The third-order valence-corrected chi connectivity index (χ3v) is 5.66. The molecule has 0 amide bonds. The summed E-state index contributed by atoms with van der Waals surface area (Å²) in [7, 11) is -3.35. The summed E-state index contributed by atoms with van der Waals surface area (Å²) in [6.45, 7) is 5.99. The van der Waals surface area contributed by atoms with Crippen molar-refractivity contribution in [3.8, 4) is 0 Å². The quantitative estimate of drug-likeness (QED) is 0.682. The monoisotopic (exact) mass is 305 g/mol. The van der Waals surface area contributed by atoms with E-state index in [1.54, 1.807) is 4.31 Å². The molecule has 0 spiro atoms. The van der Waals surface area contributed by atoms with E-state index in [1.165, 1.54) is 0 Å². The van der Waals surface area contributed by atoms with Gasteiger partial charge in [0.15, 0.2) is 0 Å². The van der Waals surface area contributed by atoms with Gasteiger partial charge in [-0.1, -0.05) is 33.1 Å². The fraction of sp³-hybridized carbons (Fsp3) is 1.00. The molecule has 0 aromatic rings. The number of unbranched alkanes of at least 4 members (excludes halogenated alkanes) is 1. The average Bonchev–Trinajstić information content (AvgIpc) is 2.45. The molecule has 1 heterocycles. The number of nitrogens with one attached hydrogen (secondary N) is 1. The lowest BCUT2D eigenvalue weighted by Gasteiger charge is -2.32. The van der Waals surface area contributed by atoms with Crippen molar-refractivity contribution in [2.75, 3.05) is 19.6 Å². The van der Waals surface area contributed by atoms with E-state index in [2.05, 4.69) is 18.6 Å². The van der Waals surface area contributed by atoms with Crippen LogP contribution in [0.5, 0.6) is 0 Å². The number of hydrogen-bond acceptors (Lipinski definition) is 3. The second-order valence-corrected chi connectivity index (χ2v) is 7.55. The van der Waals surface area contributed by atoms with Crippen LogP contribution in [0, 0.1) is 5.92 Å². The molecule has 1 aliphatic heterocycles. The summed E-state index contributed by atoms with van der Waals surface area (Å²) in [5, 5.41) is 0. The SMILES string of the molecule is CCCCC(CCC)NS(=O)(=O)N1CCCC(CN)C1. The van der Waals surface area contributed by atoms with Crippen LogP contribution in [0.15, 0.2) is 0 Å². The van der Waals surface area contributed by atoms with Gasteiger partial charge in [-0.15, -0.1) is 0 Å². The number of nitrogens with zero attached hydrogens (tertiary/aromatic N) is 1. The van der Waals surface area contributed by atoms with Crippen molar-refractivity contribution in [3.63, 3.8) is 0 Å². The van der Waals surface area contributed by atoms with E-state index in [0.717, 1.165) is 44.9 Å². The molecule has 1 rings (SSSR count). The summed E-state index contributed by atoms with van der Waals surface area (Å²) in [6, 6.07) is 0.0724. The summed E-state index contributed by atoms with van der Waals surface area (Å²) >= 11 is 0. The van der Waals surface area contributed by atoms with Crippen molar-refractivity contribution in [1.82, 2.24) is 9.03 Å². The number of hydrogen-bond donors (Lipinski definition) is 2. The molecular formula is C14H31N3O2S. The Kier molecular flexibility index (Phi) is 8.02. The zero-order chi connectivity index (χ0) is 15.0. The molecule has 1 fully saturated rings. The fourth-order valence-corrected chi connectivity index (χ4v) is 4.37. The van der Waals surface area contributed by atoms with E-state index in [1.807, 2.05) is 0 Å². The third-order valence-electron chi connectivity index (χ3n) is 4.01. The van der Waals surface area contributed by atoms with E-state index >= 15 is 0 Å². The fourth-order valence-electron chi connectivity index (χ4n) is 2.78. The Hall–Kier alpha value is -0.170. The van der Waals surface area contributed by atoms with Crippen LogP contribution in [0.2, 0.25) is 0 Å². The Balaban J connectivity index is 2.61. The van der Waals surface area contributed by atoms with Gasteiger partial charge in [0.05, 0.1) is 0 Å². The zero-order valence-electron chi connectivity index (χ0n) is 13.0. The van der Waals surface area contributed by atoms with E-state index in [-0.39, 0.29) is 6.04 Å². The van der Waals surface area contributed by atoms with E-state index in [4.69, 9.17) is 5.73 Å². The molecule has 0 aromatic carbocycles. The number of nitrogens with two attached hydrogens (primary N) is 1. The van der Waals surface area contributed by atoms with Gasteiger partial charge in [0, 0.05) is 19.1 Å². The van der Waals surface area contributed by atoms with Gasteiger partial charge in [-0.25, -0.2) is 0 Å². The predicted octanol–water partition coefficient (Wildman–Crippen LogP) is 1.85. The molecule has 1 aliphatic rings. The van der Waals surface area contributed by atoms with Crippen molar-refractivity contribution in [2.24, 2.45) is 11.7 Å². The Morgan fingerprint density at radius 2 is 2.05 bits per heavy atom. The molecule has 6 heteroatoms. The first kappa shape index (κ1) is 17.9. The molecule has 0 aliphatic carbocycles. The molecular weight excluding hydrogens is 274 g/mol. The van der Waals surface area contributed by atoms with Gasteiger partial charge in [0.25, 0.3) is 10.2 Å². The summed E-state index contributed by atoms with van der Waals surface area (Å²) in [6.07, 6.45) is 6.96. The van der Waals surface area contributed by atoms with E-state index < -0.39 is 10.2 Å². The van der Waals surface area contributed by atoms with Crippen LogP contribution in [0.1, 0.15) is 58.8 Å². The van der Waals surface area contributed by atoms with Gasteiger partial charge < -0.3 is 5.73 Å². The summed E-state index contributed by atoms with van der Waals surface area (Å²) in [5.74, 6) is 0.306. The van der Waals surface area contributed by atoms with Crippen LogP contribution in [0.25, 0.3) is 0 Å². The minimum absolute atomic E-state index is 0.0724. The van der Waals surface area contributed by atoms with E-state index in [9.17, 15) is 8.42 Å². The van der Waals surface area contributed by atoms with Crippen LogP contribution < -0.4 is 10.5 Å². The van der Waals surface area contributed by atoms with Crippen molar-refractivity contribution in [2.45, 2.75) is 64.8 Å². The number of piperidine rings is 1. The third kappa shape index (κ3) is 5.68. The molecule has 2 atom stereocenters. The summed E-state index contributed by atoms with van der Waals surface area (Å²) in [4.78, 5) is 0. The first-order valence-electron chi connectivity index (χ1n) is 8.00. The van der Waals surface area contributed by atoms with Gasteiger partial charge >= 0.3 is 0 Å². The topological polar surface area (TPSA) is 75.4 Å². The molecule has 0 aromatic heterocycles. The Labute approximate surface area is 124 Å². The van der Waals surface area contributed by atoms with Crippen LogP contribution in [0.4, 0.5) is 0 Å². The van der Waals surface area contributed by atoms with E-state index in [0.29, 0.717) is 25.6 Å². The molecule has 3 N–H and O–H groups in total. The average molecular weight is 305 g/mol. The Morgan fingerprint density at radius 3 is 2.65 bits per heavy atom.